The summed E-state index contributed by atoms with van der Waals surface area (Å²) in [5.41, 5.74) is 1.96. The maximum Gasteiger partial charge on any atom is 0.338 e. The van der Waals surface area contributed by atoms with E-state index in [9.17, 15) is 9.59 Å². The van der Waals surface area contributed by atoms with Crippen molar-refractivity contribution in [2.75, 3.05) is 27.9 Å². The highest BCUT2D eigenvalue weighted by atomic mass is 32.1. The van der Waals surface area contributed by atoms with Crippen LogP contribution in [0.15, 0.2) is 65.1 Å². The minimum Gasteiger partial charge on any atom is -0.497 e. The van der Waals surface area contributed by atoms with Gasteiger partial charge in [-0.15, -0.1) is 11.3 Å². The molecule has 176 valence electrons. The molecule has 4 rings (SSSR count). The Morgan fingerprint density at radius 3 is 2.41 bits per heavy atom. The molecule has 8 nitrogen and oxygen atoms in total. The first-order valence-electron chi connectivity index (χ1n) is 10.5. The van der Waals surface area contributed by atoms with Crippen LogP contribution >= 0.6 is 11.3 Å². The normalized spacial score (nSPS) is 15.0. The van der Waals surface area contributed by atoms with E-state index >= 15 is 0 Å². The number of benzene rings is 2. The molecule has 9 heteroatoms. The number of carbonyl (C=O) groups is 2. The van der Waals surface area contributed by atoms with Crippen LogP contribution in [0.5, 0.6) is 17.2 Å². The van der Waals surface area contributed by atoms with Gasteiger partial charge in [0, 0.05) is 6.42 Å². The highest BCUT2D eigenvalue weighted by Crippen LogP contribution is 2.37. The van der Waals surface area contributed by atoms with Crippen LogP contribution in [-0.2, 0) is 9.53 Å². The molecule has 0 aliphatic carbocycles. The zero-order valence-corrected chi connectivity index (χ0v) is 19.8. The molecular formula is C25H24N2O6S. The molecule has 0 saturated carbocycles. The van der Waals surface area contributed by atoms with Crippen molar-refractivity contribution in [2.45, 2.75) is 12.5 Å². The molecular weight excluding hydrogens is 456 g/mol. The van der Waals surface area contributed by atoms with Crippen molar-refractivity contribution in [3.05, 3.63) is 76.0 Å². The Hall–Kier alpha value is -3.85. The van der Waals surface area contributed by atoms with E-state index in [1.165, 1.54) is 5.01 Å². The third-order valence-electron chi connectivity index (χ3n) is 5.42. The molecule has 2 aromatic carbocycles. The van der Waals surface area contributed by atoms with Crippen LogP contribution in [0.1, 0.15) is 33.3 Å². The monoisotopic (exact) mass is 480 g/mol. The number of carbonyl (C=O) groups excluding carboxylic acids is 2. The van der Waals surface area contributed by atoms with Crippen LogP contribution in [-0.4, -0.2) is 50.5 Å². The summed E-state index contributed by atoms with van der Waals surface area (Å²) >= 11 is 1.55. The summed E-state index contributed by atoms with van der Waals surface area (Å²) in [5.74, 6) is 0.754. The second-order valence-electron chi connectivity index (χ2n) is 7.40. The molecule has 0 unspecified atom stereocenters. The summed E-state index contributed by atoms with van der Waals surface area (Å²) in [6, 6.07) is 15.5. The summed E-state index contributed by atoms with van der Waals surface area (Å²) in [6.07, 6.45) is 0.522. The fraction of sp³-hybridized carbons (Fsp3) is 0.240. The van der Waals surface area contributed by atoms with E-state index < -0.39 is 18.5 Å². The number of esters is 1. The average molecular weight is 481 g/mol. The molecule has 0 fully saturated rings. The zero-order valence-electron chi connectivity index (χ0n) is 19.0. The summed E-state index contributed by atoms with van der Waals surface area (Å²) in [6.45, 7) is -0.435. The Bertz CT molecular complexity index is 1190. The molecule has 0 bridgehead atoms. The van der Waals surface area contributed by atoms with E-state index in [0.29, 0.717) is 29.2 Å². The average Bonchev–Trinajstić information content (AvgIpc) is 3.57. The van der Waals surface area contributed by atoms with Gasteiger partial charge in [-0.25, -0.2) is 9.80 Å². The fourth-order valence-corrected chi connectivity index (χ4v) is 4.38. The molecule has 1 atom stereocenters. The second-order valence-corrected chi connectivity index (χ2v) is 8.35. The lowest BCUT2D eigenvalue weighted by Gasteiger charge is -2.22. The number of hydrogen-bond acceptors (Lipinski definition) is 8. The fourth-order valence-electron chi connectivity index (χ4n) is 3.66. The van der Waals surface area contributed by atoms with E-state index in [4.69, 9.17) is 18.9 Å². The van der Waals surface area contributed by atoms with Crippen molar-refractivity contribution in [1.29, 1.82) is 0 Å². The van der Waals surface area contributed by atoms with Gasteiger partial charge in [0.25, 0.3) is 5.91 Å². The zero-order chi connectivity index (χ0) is 24.1. The summed E-state index contributed by atoms with van der Waals surface area (Å²) in [5, 5.41) is 7.94. The maximum absolute atomic E-state index is 13.1. The lowest BCUT2D eigenvalue weighted by Crippen LogP contribution is -2.31. The number of thiophene rings is 1. The highest BCUT2D eigenvalue weighted by molar-refractivity contribution is 7.12. The van der Waals surface area contributed by atoms with Crippen molar-refractivity contribution in [3.63, 3.8) is 0 Å². The molecule has 1 amide bonds. The van der Waals surface area contributed by atoms with Gasteiger partial charge in [-0.3, -0.25) is 4.79 Å². The van der Waals surface area contributed by atoms with Gasteiger partial charge in [0.1, 0.15) is 5.75 Å². The van der Waals surface area contributed by atoms with Crippen molar-refractivity contribution in [2.24, 2.45) is 5.10 Å². The molecule has 0 spiro atoms. The van der Waals surface area contributed by atoms with Crippen LogP contribution in [0, 0.1) is 0 Å². The maximum atomic E-state index is 13.1. The molecule has 1 aromatic heterocycles. The SMILES string of the molecule is COc1ccc(C(=O)OCC(=O)N2N=C(c3cccs3)C[C@H]2c2ccc(OC)c(OC)c2)cc1. The Morgan fingerprint density at radius 2 is 1.76 bits per heavy atom. The van der Waals surface area contributed by atoms with E-state index in [1.54, 1.807) is 63.0 Å². The smallest absolute Gasteiger partial charge is 0.338 e. The molecule has 34 heavy (non-hydrogen) atoms. The highest BCUT2D eigenvalue weighted by Gasteiger charge is 2.34. The molecule has 2 heterocycles. The van der Waals surface area contributed by atoms with Gasteiger partial charge in [-0.1, -0.05) is 12.1 Å². The largest absolute Gasteiger partial charge is 0.497 e. The second kappa shape index (κ2) is 10.4. The molecule has 0 N–H and O–H groups in total. The molecule has 0 radical (unpaired) electrons. The Kier molecular flexibility index (Phi) is 7.12. The first-order chi connectivity index (χ1) is 16.5. The predicted octanol–water partition coefficient (Wildman–Crippen LogP) is 4.31. The topological polar surface area (TPSA) is 86.7 Å². The number of rotatable bonds is 8. The number of amides is 1. The van der Waals surface area contributed by atoms with E-state index in [2.05, 4.69) is 5.10 Å². The Balaban J connectivity index is 1.54. The van der Waals surface area contributed by atoms with Crippen LogP contribution in [0.4, 0.5) is 0 Å². The Labute approximate surface area is 201 Å². The molecule has 0 saturated heterocycles. The summed E-state index contributed by atoms with van der Waals surface area (Å²) < 4.78 is 21.1. The summed E-state index contributed by atoms with van der Waals surface area (Å²) in [7, 11) is 4.67. The van der Waals surface area contributed by atoms with Gasteiger partial charge < -0.3 is 18.9 Å². The number of nitrogens with zero attached hydrogens (tertiary/aromatic N) is 2. The standard InChI is InChI=1S/C25H24N2O6S/c1-30-18-9-6-16(7-10-18)25(29)33-15-24(28)27-20(14-19(26-27)23-5-4-12-34-23)17-8-11-21(31-2)22(13-17)32-3/h4-13,20H,14-15H2,1-3H3/t20-/m0/s1. The first kappa shape index (κ1) is 23.3. The van der Waals surface area contributed by atoms with Crippen molar-refractivity contribution in [3.8, 4) is 17.2 Å². The number of methoxy groups -OCH3 is 3. The van der Waals surface area contributed by atoms with Gasteiger partial charge >= 0.3 is 5.97 Å². The number of hydrazone groups is 1. The number of hydrogen-bond donors (Lipinski definition) is 0. The third kappa shape index (κ3) is 4.89. The molecule has 3 aromatic rings. The van der Waals surface area contributed by atoms with Crippen LogP contribution in [0.3, 0.4) is 0 Å². The van der Waals surface area contributed by atoms with Crippen LogP contribution in [0.2, 0.25) is 0 Å². The summed E-state index contributed by atoms with van der Waals surface area (Å²) in [4.78, 5) is 26.5. The van der Waals surface area contributed by atoms with Gasteiger partial charge in [0.2, 0.25) is 0 Å². The third-order valence-corrected chi connectivity index (χ3v) is 6.34. The lowest BCUT2D eigenvalue weighted by atomic mass is 10.0. The molecule has 1 aliphatic heterocycles. The quantitative estimate of drug-likeness (QED) is 0.447. The number of ether oxygens (including phenoxy) is 4. The minimum absolute atomic E-state index is 0.328. The van der Waals surface area contributed by atoms with E-state index in [1.807, 2.05) is 29.6 Å². The van der Waals surface area contributed by atoms with Crippen molar-refractivity contribution >= 4 is 28.9 Å². The first-order valence-corrected chi connectivity index (χ1v) is 11.4. The van der Waals surface area contributed by atoms with E-state index in [0.717, 1.165) is 16.2 Å². The van der Waals surface area contributed by atoms with Crippen LogP contribution < -0.4 is 14.2 Å². The van der Waals surface area contributed by atoms with Gasteiger partial charge in [0.05, 0.1) is 43.5 Å². The van der Waals surface area contributed by atoms with Crippen molar-refractivity contribution < 1.29 is 28.5 Å². The van der Waals surface area contributed by atoms with Gasteiger partial charge in [0.15, 0.2) is 18.1 Å². The lowest BCUT2D eigenvalue weighted by molar-refractivity contribution is -0.136. The van der Waals surface area contributed by atoms with E-state index in [-0.39, 0.29) is 6.04 Å². The minimum atomic E-state index is -0.597. The predicted molar refractivity (Wildman–Crippen MR) is 128 cm³/mol. The van der Waals surface area contributed by atoms with Gasteiger partial charge in [-0.05, 0) is 53.4 Å². The van der Waals surface area contributed by atoms with Crippen LogP contribution in [0.25, 0.3) is 0 Å². The van der Waals surface area contributed by atoms with Gasteiger partial charge in [-0.2, -0.15) is 5.10 Å². The van der Waals surface area contributed by atoms with Crippen molar-refractivity contribution in [1.82, 2.24) is 5.01 Å². The molecule has 1 aliphatic rings. The Morgan fingerprint density at radius 1 is 1.00 bits per heavy atom.